The molecule has 5 heteroatoms. The van der Waals surface area contributed by atoms with E-state index in [9.17, 15) is 13.2 Å². The van der Waals surface area contributed by atoms with Crippen molar-refractivity contribution in [2.75, 3.05) is 14.1 Å². The van der Waals surface area contributed by atoms with Crippen molar-refractivity contribution in [1.82, 2.24) is 5.06 Å². The average molecular weight is 129 g/mol. The number of hydrogen-bond acceptors (Lipinski definition) is 2. The number of rotatable bonds is 1. The molecule has 0 aromatic carbocycles. The van der Waals surface area contributed by atoms with Gasteiger partial charge in [-0.3, -0.25) is 0 Å². The molecule has 0 heterocycles. The average Bonchev–Trinajstić information content (AvgIpc) is 1.21. The minimum atomic E-state index is -4.55. The van der Waals surface area contributed by atoms with Crippen LogP contribution in [0.1, 0.15) is 0 Å². The molecule has 0 rings (SSSR count). The van der Waals surface area contributed by atoms with E-state index in [1.807, 2.05) is 0 Å². The molecule has 0 aromatic heterocycles. The smallest absolute Gasteiger partial charge is 0.201 e. The van der Waals surface area contributed by atoms with E-state index in [1.54, 1.807) is 0 Å². The number of alkyl halides is 3. The van der Waals surface area contributed by atoms with Crippen LogP contribution in [0.25, 0.3) is 0 Å². The van der Waals surface area contributed by atoms with Crippen molar-refractivity contribution in [3.05, 3.63) is 0 Å². The molecule has 0 unspecified atom stereocenters. The fourth-order valence-electron chi connectivity index (χ4n) is 0.207. The highest BCUT2D eigenvalue weighted by molar-refractivity contribution is 4.19. The Balaban J connectivity index is 3.39. The minimum Gasteiger partial charge on any atom is -0.201 e. The van der Waals surface area contributed by atoms with Crippen LogP contribution < -0.4 is 0 Å². The summed E-state index contributed by atoms with van der Waals surface area (Å²) in [6.45, 7) is 0. The zero-order chi connectivity index (χ0) is 6.78. The summed E-state index contributed by atoms with van der Waals surface area (Å²) in [6, 6.07) is 0. The van der Waals surface area contributed by atoms with E-state index in [2.05, 4.69) is 4.84 Å². The minimum absolute atomic E-state index is 0.583. The molecule has 0 aromatic rings. The summed E-state index contributed by atoms with van der Waals surface area (Å²) in [5, 5.41) is 0.583. The molecule has 0 bridgehead atoms. The number of hydroxylamine groups is 2. The molecular weight excluding hydrogens is 123 g/mol. The molecular formula is C3H6F3NO. The Kier molecular flexibility index (Phi) is 2.24. The fraction of sp³-hybridized carbons (Fsp3) is 1.00. The summed E-state index contributed by atoms with van der Waals surface area (Å²) in [6.07, 6.45) is -4.55. The molecule has 0 spiro atoms. The second-order valence-electron chi connectivity index (χ2n) is 1.35. The van der Waals surface area contributed by atoms with Gasteiger partial charge in [0.25, 0.3) is 0 Å². The van der Waals surface area contributed by atoms with Gasteiger partial charge in [-0.2, -0.15) is 5.06 Å². The van der Waals surface area contributed by atoms with Crippen molar-refractivity contribution in [2.24, 2.45) is 0 Å². The Morgan fingerprint density at radius 1 is 1.25 bits per heavy atom. The Bertz CT molecular complexity index is 69.4. The third-order valence-electron chi connectivity index (χ3n) is 0.286. The van der Waals surface area contributed by atoms with Crippen LogP contribution in [-0.4, -0.2) is 25.5 Å². The van der Waals surface area contributed by atoms with Gasteiger partial charge in [0, 0.05) is 14.1 Å². The lowest BCUT2D eigenvalue weighted by molar-refractivity contribution is -0.403. The summed E-state index contributed by atoms with van der Waals surface area (Å²) in [5.41, 5.74) is 0. The van der Waals surface area contributed by atoms with Gasteiger partial charge in [-0.15, -0.1) is 13.2 Å². The highest BCUT2D eigenvalue weighted by Gasteiger charge is 2.30. The van der Waals surface area contributed by atoms with Gasteiger partial charge in [-0.05, 0) is 0 Å². The van der Waals surface area contributed by atoms with Crippen molar-refractivity contribution in [2.45, 2.75) is 6.36 Å². The molecule has 0 N–H and O–H groups in total. The molecule has 0 aliphatic carbocycles. The zero-order valence-corrected chi connectivity index (χ0v) is 4.49. The van der Waals surface area contributed by atoms with Gasteiger partial charge in [0.1, 0.15) is 0 Å². The second kappa shape index (κ2) is 2.32. The Labute approximate surface area is 44.8 Å². The highest BCUT2D eigenvalue weighted by atomic mass is 19.4. The van der Waals surface area contributed by atoms with E-state index in [0.717, 1.165) is 14.1 Å². The summed E-state index contributed by atoms with van der Waals surface area (Å²) in [5.74, 6) is 0. The van der Waals surface area contributed by atoms with E-state index in [0.29, 0.717) is 5.06 Å². The monoisotopic (exact) mass is 129 g/mol. The lowest BCUT2D eigenvalue weighted by atomic mass is 11.2. The Hall–Kier alpha value is -0.290. The van der Waals surface area contributed by atoms with Crippen LogP contribution in [0.3, 0.4) is 0 Å². The first-order valence-electron chi connectivity index (χ1n) is 1.85. The topological polar surface area (TPSA) is 12.5 Å². The van der Waals surface area contributed by atoms with E-state index >= 15 is 0 Å². The zero-order valence-electron chi connectivity index (χ0n) is 4.49. The van der Waals surface area contributed by atoms with Gasteiger partial charge in [0.15, 0.2) is 0 Å². The van der Waals surface area contributed by atoms with E-state index in [1.165, 1.54) is 0 Å². The third kappa shape index (κ3) is 5.71. The van der Waals surface area contributed by atoms with Crippen molar-refractivity contribution < 1.29 is 18.0 Å². The lowest BCUT2D eigenvalue weighted by Gasteiger charge is -2.11. The van der Waals surface area contributed by atoms with Gasteiger partial charge in [-0.1, -0.05) is 0 Å². The van der Waals surface area contributed by atoms with Crippen molar-refractivity contribution in [3.8, 4) is 0 Å². The first kappa shape index (κ1) is 7.71. The van der Waals surface area contributed by atoms with Gasteiger partial charge in [0.05, 0.1) is 0 Å². The van der Waals surface area contributed by atoms with Crippen molar-refractivity contribution in [3.63, 3.8) is 0 Å². The van der Waals surface area contributed by atoms with Gasteiger partial charge >= 0.3 is 6.36 Å². The van der Waals surface area contributed by atoms with E-state index in [-0.39, 0.29) is 0 Å². The first-order chi connectivity index (χ1) is 3.42. The predicted molar refractivity (Wildman–Crippen MR) is 20.8 cm³/mol. The van der Waals surface area contributed by atoms with Gasteiger partial charge < -0.3 is 0 Å². The van der Waals surface area contributed by atoms with Crippen LogP contribution in [0.4, 0.5) is 13.2 Å². The molecule has 0 saturated heterocycles. The van der Waals surface area contributed by atoms with E-state index < -0.39 is 6.36 Å². The van der Waals surface area contributed by atoms with Crippen molar-refractivity contribution in [1.29, 1.82) is 0 Å². The quantitative estimate of drug-likeness (QED) is 0.489. The normalized spacial score (nSPS) is 12.8. The molecule has 8 heavy (non-hydrogen) atoms. The van der Waals surface area contributed by atoms with E-state index in [4.69, 9.17) is 0 Å². The summed E-state index contributed by atoms with van der Waals surface area (Å²) >= 11 is 0. The molecule has 0 atom stereocenters. The maximum Gasteiger partial charge on any atom is 0.539 e. The molecule has 2 nitrogen and oxygen atoms in total. The molecule has 0 aliphatic rings. The summed E-state index contributed by atoms with van der Waals surface area (Å²) in [4.78, 5) is 3.27. The maximum atomic E-state index is 11.0. The largest absolute Gasteiger partial charge is 0.539 e. The molecule has 0 fully saturated rings. The maximum absolute atomic E-state index is 11.0. The fourth-order valence-corrected chi connectivity index (χ4v) is 0.207. The van der Waals surface area contributed by atoms with Crippen molar-refractivity contribution >= 4 is 0 Å². The van der Waals surface area contributed by atoms with Gasteiger partial charge in [-0.25, -0.2) is 4.84 Å². The summed E-state index contributed by atoms with van der Waals surface area (Å²) < 4.78 is 33.1. The second-order valence-corrected chi connectivity index (χ2v) is 1.35. The molecule has 50 valence electrons. The SMILES string of the molecule is CN(C)OC(F)(F)F. The lowest BCUT2D eigenvalue weighted by Crippen LogP contribution is -2.24. The van der Waals surface area contributed by atoms with Crippen LogP contribution in [0.15, 0.2) is 0 Å². The first-order valence-corrected chi connectivity index (χ1v) is 1.85. The van der Waals surface area contributed by atoms with Gasteiger partial charge in [0.2, 0.25) is 0 Å². The molecule has 0 aliphatic heterocycles. The van der Waals surface area contributed by atoms with Crippen LogP contribution in [0.2, 0.25) is 0 Å². The highest BCUT2D eigenvalue weighted by Crippen LogP contribution is 2.15. The van der Waals surface area contributed by atoms with Crippen LogP contribution in [-0.2, 0) is 4.84 Å². The van der Waals surface area contributed by atoms with Crippen LogP contribution >= 0.6 is 0 Å². The Morgan fingerprint density at radius 2 is 1.62 bits per heavy atom. The molecule has 0 saturated carbocycles. The standard InChI is InChI=1S/C3H6F3NO/c1-7(2)8-3(4,5)6/h1-2H3. The number of hydrogen-bond donors (Lipinski definition) is 0. The predicted octanol–water partition coefficient (Wildman–Crippen LogP) is 0.999. The molecule has 0 radical (unpaired) electrons. The third-order valence-corrected chi connectivity index (χ3v) is 0.286. The van der Waals surface area contributed by atoms with Crippen LogP contribution in [0.5, 0.6) is 0 Å². The summed E-state index contributed by atoms with van der Waals surface area (Å²) in [7, 11) is 2.32. The number of halogens is 3. The number of nitrogens with zero attached hydrogens (tertiary/aromatic N) is 1. The van der Waals surface area contributed by atoms with Crippen LogP contribution in [0, 0.1) is 0 Å². The molecule has 0 amide bonds. The Morgan fingerprint density at radius 3 is 1.62 bits per heavy atom.